The van der Waals surface area contributed by atoms with Gasteiger partial charge in [0, 0.05) is 44.5 Å². The van der Waals surface area contributed by atoms with Crippen molar-refractivity contribution in [1.29, 1.82) is 0 Å². The largest absolute Gasteiger partial charge is 0.497 e. The molecular weight excluding hydrogens is 330 g/mol. The predicted octanol–water partition coefficient (Wildman–Crippen LogP) is 1.29. The monoisotopic (exact) mass is 361 g/mol. The zero-order valence-corrected chi connectivity index (χ0v) is 16.3. The van der Waals surface area contributed by atoms with Gasteiger partial charge < -0.3 is 25.6 Å². The van der Waals surface area contributed by atoms with E-state index in [0.717, 1.165) is 44.4 Å². The Morgan fingerprint density at radius 1 is 1.31 bits per heavy atom. The van der Waals surface area contributed by atoms with Crippen LogP contribution in [0.15, 0.2) is 29.3 Å². The lowest BCUT2D eigenvalue weighted by Crippen LogP contribution is -2.53. The number of hydrogen-bond donors (Lipinski definition) is 2. The molecule has 1 aliphatic heterocycles. The van der Waals surface area contributed by atoms with E-state index in [0.29, 0.717) is 6.54 Å². The van der Waals surface area contributed by atoms with E-state index in [1.54, 1.807) is 7.11 Å². The second kappa shape index (κ2) is 8.78. The fourth-order valence-electron chi connectivity index (χ4n) is 2.76. The first-order valence-corrected chi connectivity index (χ1v) is 9.09. The van der Waals surface area contributed by atoms with E-state index in [1.165, 1.54) is 5.69 Å². The molecule has 1 heterocycles. The number of rotatable bonds is 6. The van der Waals surface area contributed by atoms with Gasteiger partial charge in [-0.25, -0.2) is 0 Å². The van der Waals surface area contributed by atoms with Gasteiger partial charge in [0.1, 0.15) is 5.75 Å². The molecule has 7 nitrogen and oxygen atoms in total. The topological polar surface area (TPSA) is 83.2 Å². The molecule has 1 amide bonds. The lowest BCUT2D eigenvalue weighted by atomic mass is 9.93. The molecule has 7 heteroatoms. The van der Waals surface area contributed by atoms with E-state index in [1.807, 2.05) is 32.9 Å². The fraction of sp³-hybridized carbons (Fsp3) is 0.579. The molecule has 0 radical (unpaired) electrons. The van der Waals surface area contributed by atoms with Gasteiger partial charge in [-0.1, -0.05) is 6.07 Å². The molecule has 0 saturated carbocycles. The average Bonchev–Trinajstić information content (AvgIpc) is 2.65. The van der Waals surface area contributed by atoms with Gasteiger partial charge in [-0.3, -0.25) is 9.79 Å². The zero-order valence-electron chi connectivity index (χ0n) is 16.3. The van der Waals surface area contributed by atoms with Crippen molar-refractivity contribution in [1.82, 2.24) is 10.2 Å². The number of nitrogens with one attached hydrogen (secondary N) is 1. The minimum absolute atomic E-state index is 0.333. The number of primary amides is 1. The summed E-state index contributed by atoms with van der Waals surface area (Å²) in [5.74, 6) is 1.38. The van der Waals surface area contributed by atoms with E-state index in [9.17, 15) is 4.79 Å². The smallest absolute Gasteiger partial charge is 0.224 e. The average molecular weight is 361 g/mol. The number of carbonyl (C=O) groups is 1. The molecule has 0 bridgehead atoms. The number of amides is 1. The van der Waals surface area contributed by atoms with Crippen LogP contribution in [0.5, 0.6) is 5.75 Å². The third-order valence-corrected chi connectivity index (χ3v) is 4.62. The van der Waals surface area contributed by atoms with Crippen LogP contribution in [-0.2, 0) is 4.79 Å². The van der Waals surface area contributed by atoms with Crippen LogP contribution in [0.25, 0.3) is 0 Å². The summed E-state index contributed by atoms with van der Waals surface area (Å²) in [4.78, 5) is 20.7. The molecule has 3 N–H and O–H groups in total. The second-order valence-corrected chi connectivity index (χ2v) is 7.09. The second-order valence-electron chi connectivity index (χ2n) is 7.09. The Hall–Kier alpha value is -2.44. The highest BCUT2D eigenvalue weighted by Crippen LogP contribution is 2.22. The number of nitrogens with zero attached hydrogens (tertiary/aromatic N) is 3. The van der Waals surface area contributed by atoms with Crippen LogP contribution in [0.3, 0.4) is 0 Å². The molecule has 0 aromatic heterocycles. The predicted molar refractivity (Wildman–Crippen MR) is 106 cm³/mol. The Morgan fingerprint density at radius 2 is 2.00 bits per heavy atom. The minimum atomic E-state index is -0.650. The molecule has 1 fully saturated rings. The van der Waals surface area contributed by atoms with Gasteiger partial charge in [0.25, 0.3) is 0 Å². The van der Waals surface area contributed by atoms with Crippen molar-refractivity contribution in [3.8, 4) is 5.75 Å². The Labute approximate surface area is 156 Å². The molecule has 1 aliphatic rings. The van der Waals surface area contributed by atoms with Crippen molar-refractivity contribution in [3.63, 3.8) is 0 Å². The highest BCUT2D eigenvalue weighted by Gasteiger charge is 2.26. The molecule has 0 atom stereocenters. The molecule has 0 spiro atoms. The van der Waals surface area contributed by atoms with Crippen LogP contribution in [0.2, 0.25) is 0 Å². The first-order chi connectivity index (χ1) is 12.4. The molecular formula is C19H31N5O2. The maximum atomic E-state index is 11.5. The summed E-state index contributed by atoms with van der Waals surface area (Å²) in [5, 5.41) is 3.32. The Kier molecular flexibility index (Phi) is 6.71. The summed E-state index contributed by atoms with van der Waals surface area (Å²) in [5.41, 5.74) is 5.97. The molecule has 1 aromatic rings. The quantitative estimate of drug-likeness (QED) is 0.589. The van der Waals surface area contributed by atoms with Crippen molar-refractivity contribution >= 4 is 17.6 Å². The van der Waals surface area contributed by atoms with Gasteiger partial charge in [0.05, 0.1) is 19.1 Å². The standard InChI is InChI=1S/C19H31N5O2/c1-5-21-18(22-14-19(2,3)17(20)25)24-11-9-23(10-12-24)15-7-6-8-16(13-15)26-4/h6-8,13H,5,9-12,14H2,1-4H3,(H2,20,25)(H,21,22). The third-order valence-electron chi connectivity index (χ3n) is 4.62. The molecule has 2 rings (SSSR count). The molecule has 144 valence electrons. The van der Waals surface area contributed by atoms with E-state index < -0.39 is 5.41 Å². The van der Waals surface area contributed by atoms with Crippen molar-refractivity contribution in [2.45, 2.75) is 20.8 Å². The van der Waals surface area contributed by atoms with Crippen molar-refractivity contribution in [2.24, 2.45) is 16.1 Å². The van der Waals surface area contributed by atoms with E-state index in [-0.39, 0.29) is 5.91 Å². The zero-order chi connectivity index (χ0) is 19.2. The summed E-state index contributed by atoms with van der Waals surface area (Å²) in [6.07, 6.45) is 0. The maximum absolute atomic E-state index is 11.5. The molecule has 0 aliphatic carbocycles. The number of benzene rings is 1. The maximum Gasteiger partial charge on any atom is 0.224 e. The summed E-state index contributed by atoms with van der Waals surface area (Å²) in [7, 11) is 1.68. The van der Waals surface area contributed by atoms with Crippen LogP contribution in [0, 0.1) is 5.41 Å². The Morgan fingerprint density at radius 3 is 2.58 bits per heavy atom. The van der Waals surface area contributed by atoms with Crippen molar-refractivity contribution in [2.75, 3.05) is 51.3 Å². The van der Waals surface area contributed by atoms with Crippen molar-refractivity contribution < 1.29 is 9.53 Å². The number of methoxy groups -OCH3 is 1. The summed E-state index contributed by atoms with van der Waals surface area (Å²) in [6.45, 7) is 10.4. The third kappa shape index (κ3) is 5.03. The van der Waals surface area contributed by atoms with E-state index in [4.69, 9.17) is 10.5 Å². The van der Waals surface area contributed by atoms with Crippen LogP contribution >= 0.6 is 0 Å². The number of nitrogens with two attached hydrogens (primary N) is 1. The van der Waals surface area contributed by atoms with Gasteiger partial charge in [0.15, 0.2) is 5.96 Å². The van der Waals surface area contributed by atoms with Crippen molar-refractivity contribution in [3.05, 3.63) is 24.3 Å². The van der Waals surface area contributed by atoms with Crippen LogP contribution in [-0.4, -0.2) is 63.1 Å². The normalized spacial score (nSPS) is 15.8. The number of anilines is 1. The number of hydrogen-bond acceptors (Lipinski definition) is 4. The summed E-state index contributed by atoms with van der Waals surface area (Å²) in [6, 6.07) is 8.13. The van der Waals surface area contributed by atoms with Crippen LogP contribution in [0.1, 0.15) is 20.8 Å². The van der Waals surface area contributed by atoms with Crippen LogP contribution < -0.4 is 20.7 Å². The number of aliphatic imine (C=N–C) groups is 1. The number of carbonyl (C=O) groups excluding carboxylic acids is 1. The summed E-state index contributed by atoms with van der Waals surface area (Å²) >= 11 is 0. The first kappa shape index (κ1) is 19.9. The molecule has 0 unspecified atom stereocenters. The highest BCUT2D eigenvalue weighted by atomic mass is 16.5. The number of guanidine groups is 1. The molecule has 26 heavy (non-hydrogen) atoms. The number of ether oxygens (including phenoxy) is 1. The number of piperazine rings is 1. The summed E-state index contributed by atoms with van der Waals surface area (Å²) < 4.78 is 5.32. The van der Waals surface area contributed by atoms with Gasteiger partial charge in [-0.2, -0.15) is 0 Å². The van der Waals surface area contributed by atoms with E-state index in [2.05, 4.69) is 32.2 Å². The van der Waals surface area contributed by atoms with Gasteiger partial charge in [-0.15, -0.1) is 0 Å². The Bertz CT molecular complexity index is 637. The minimum Gasteiger partial charge on any atom is -0.497 e. The van der Waals surface area contributed by atoms with E-state index >= 15 is 0 Å². The van der Waals surface area contributed by atoms with Crippen LogP contribution in [0.4, 0.5) is 5.69 Å². The first-order valence-electron chi connectivity index (χ1n) is 9.09. The lowest BCUT2D eigenvalue weighted by molar-refractivity contribution is -0.125. The van der Waals surface area contributed by atoms with Gasteiger partial charge in [-0.05, 0) is 32.9 Å². The fourth-order valence-corrected chi connectivity index (χ4v) is 2.76. The molecule has 1 saturated heterocycles. The Balaban J connectivity index is 2.01. The molecule has 1 aromatic carbocycles. The SMILES string of the molecule is CCNC(=NCC(C)(C)C(N)=O)N1CCN(c2cccc(OC)c2)CC1. The van der Waals surface area contributed by atoms with Gasteiger partial charge >= 0.3 is 0 Å². The lowest BCUT2D eigenvalue weighted by Gasteiger charge is -2.38. The highest BCUT2D eigenvalue weighted by molar-refractivity contribution is 5.83. The van der Waals surface area contributed by atoms with Gasteiger partial charge in [0.2, 0.25) is 5.91 Å².